The Kier molecular flexibility index (Phi) is 6.09. The van der Waals surface area contributed by atoms with Crippen molar-refractivity contribution in [2.45, 2.75) is 26.7 Å². The fraction of sp³-hybridized carbons (Fsp3) is 0.923. The van der Waals surface area contributed by atoms with Gasteiger partial charge in [-0.25, -0.2) is 0 Å². The van der Waals surface area contributed by atoms with Crippen molar-refractivity contribution in [2.24, 2.45) is 5.41 Å². The summed E-state index contributed by atoms with van der Waals surface area (Å²) in [5.41, 5.74) is -0.187. The number of hydrogen-bond acceptors (Lipinski definition) is 4. The maximum atomic E-state index is 11.2. The summed E-state index contributed by atoms with van der Waals surface area (Å²) in [6.07, 6.45) is 3.14. The van der Waals surface area contributed by atoms with Crippen LogP contribution in [0.5, 0.6) is 0 Å². The van der Waals surface area contributed by atoms with Crippen molar-refractivity contribution in [3.63, 3.8) is 0 Å². The summed E-state index contributed by atoms with van der Waals surface area (Å²) in [4.78, 5) is 15.8. The van der Waals surface area contributed by atoms with E-state index >= 15 is 0 Å². The van der Waals surface area contributed by atoms with Gasteiger partial charge in [0, 0.05) is 44.7 Å². The quantitative estimate of drug-likeness (QED) is 0.664. The van der Waals surface area contributed by atoms with Crippen LogP contribution >= 0.6 is 0 Å². The first-order chi connectivity index (χ1) is 8.13. The molecule has 1 saturated heterocycles. The first kappa shape index (κ1) is 14.6. The number of hydrogen-bond donors (Lipinski definition) is 1. The molecular weight excluding hydrogens is 216 g/mol. The van der Waals surface area contributed by atoms with E-state index in [2.05, 4.69) is 23.6 Å². The number of carbonyl (C=O) groups excluding carboxylic acids is 1. The smallest absolute Gasteiger partial charge is 0.127 e. The van der Waals surface area contributed by atoms with E-state index in [1.165, 1.54) is 0 Å². The number of carbonyl (C=O) groups is 1. The Morgan fingerprint density at radius 1 is 1.24 bits per heavy atom. The van der Waals surface area contributed by atoms with Crippen LogP contribution in [0.4, 0.5) is 0 Å². The molecule has 4 heteroatoms. The zero-order valence-corrected chi connectivity index (χ0v) is 11.2. The van der Waals surface area contributed by atoms with Gasteiger partial charge in [0.25, 0.3) is 0 Å². The molecule has 1 fully saturated rings. The SMILES string of the molecule is CCCC(C)(C=O)CN1CCN(CCO)CC1. The van der Waals surface area contributed by atoms with Gasteiger partial charge in [-0.1, -0.05) is 20.3 Å². The van der Waals surface area contributed by atoms with E-state index in [0.717, 1.165) is 58.4 Å². The summed E-state index contributed by atoms with van der Waals surface area (Å²) < 4.78 is 0. The molecule has 0 aliphatic carbocycles. The highest BCUT2D eigenvalue weighted by atomic mass is 16.3. The number of β-amino-alcohol motifs (C(OH)–C–C–N with tert-alkyl or cyclic N) is 1. The predicted octanol–water partition coefficient (Wildman–Crippen LogP) is 0.602. The summed E-state index contributed by atoms with van der Waals surface area (Å²) in [6.45, 7) is 10.1. The van der Waals surface area contributed by atoms with Gasteiger partial charge in [0.15, 0.2) is 0 Å². The average molecular weight is 242 g/mol. The normalized spacial score (nSPS) is 22.3. The number of rotatable bonds is 7. The van der Waals surface area contributed by atoms with Gasteiger partial charge in [-0.3, -0.25) is 9.80 Å². The second kappa shape index (κ2) is 7.09. The molecule has 0 aromatic heterocycles. The topological polar surface area (TPSA) is 43.8 Å². The molecule has 1 atom stereocenters. The van der Waals surface area contributed by atoms with Gasteiger partial charge < -0.3 is 9.90 Å². The van der Waals surface area contributed by atoms with E-state index in [0.29, 0.717) is 0 Å². The van der Waals surface area contributed by atoms with Gasteiger partial charge in [0.1, 0.15) is 6.29 Å². The second-order valence-corrected chi connectivity index (χ2v) is 5.36. The van der Waals surface area contributed by atoms with E-state index in [9.17, 15) is 4.79 Å². The van der Waals surface area contributed by atoms with Crippen LogP contribution in [0.15, 0.2) is 0 Å². The van der Waals surface area contributed by atoms with Crippen molar-refractivity contribution in [2.75, 3.05) is 45.9 Å². The summed E-state index contributed by atoms with van der Waals surface area (Å²) in [6, 6.07) is 0. The number of aliphatic hydroxyl groups is 1. The number of aliphatic hydroxyl groups excluding tert-OH is 1. The van der Waals surface area contributed by atoms with Crippen LogP contribution in [-0.2, 0) is 4.79 Å². The highest BCUT2D eigenvalue weighted by Crippen LogP contribution is 2.22. The van der Waals surface area contributed by atoms with Crippen molar-refractivity contribution in [3.05, 3.63) is 0 Å². The Balaban J connectivity index is 2.36. The van der Waals surface area contributed by atoms with Crippen LogP contribution in [0.25, 0.3) is 0 Å². The third-order valence-electron chi connectivity index (χ3n) is 3.57. The molecule has 1 aliphatic rings. The van der Waals surface area contributed by atoms with Crippen LogP contribution in [0.2, 0.25) is 0 Å². The van der Waals surface area contributed by atoms with Crippen LogP contribution in [0, 0.1) is 5.41 Å². The monoisotopic (exact) mass is 242 g/mol. The number of nitrogens with zero attached hydrogens (tertiary/aromatic N) is 2. The Morgan fingerprint density at radius 2 is 1.82 bits per heavy atom. The highest BCUT2D eigenvalue weighted by molar-refractivity contribution is 5.59. The van der Waals surface area contributed by atoms with Crippen LogP contribution < -0.4 is 0 Å². The molecule has 100 valence electrons. The molecule has 0 aromatic carbocycles. The van der Waals surface area contributed by atoms with E-state index in [1.54, 1.807) is 0 Å². The maximum Gasteiger partial charge on any atom is 0.127 e. The number of piperazine rings is 1. The minimum absolute atomic E-state index is 0.187. The molecule has 1 unspecified atom stereocenters. The van der Waals surface area contributed by atoms with Crippen molar-refractivity contribution >= 4 is 6.29 Å². The minimum atomic E-state index is -0.187. The number of aldehydes is 1. The Bertz CT molecular complexity index is 227. The standard InChI is InChI=1S/C13H26N2O2/c1-3-4-13(2,12-17)11-15-7-5-14(6-8-15)9-10-16/h12,16H,3-11H2,1-2H3. The van der Waals surface area contributed by atoms with Gasteiger partial charge in [-0.2, -0.15) is 0 Å². The molecule has 1 aliphatic heterocycles. The zero-order valence-electron chi connectivity index (χ0n) is 11.2. The van der Waals surface area contributed by atoms with E-state index in [4.69, 9.17) is 5.11 Å². The highest BCUT2D eigenvalue weighted by Gasteiger charge is 2.27. The van der Waals surface area contributed by atoms with Crippen molar-refractivity contribution in [3.8, 4) is 0 Å². The molecule has 1 rings (SSSR count). The van der Waals surface area contributed by atoms with Crippen LogP contribution in [0.1, 0.15) is 26.7 Å². The molecule has 0 radical (unpaired) electrons. The lowest BCUT2D eigenvalue weighted by molar-refractivity contribution is -0.117. The molecule has 17 heavy (non-hydrogen) atoms. The fourth-order valence-electron chi connectivity index (χ4n) is 2.57. The van der Waals surface area contributed by atoms with Crippen molar-refractivity contribution in [1.29, 1.82) is 0 Å². The van der Waals surface area contributed by atoms with Gasteiger partial charge >= 0.3 is 0 Å². The zero-order chi connectivity index (χ0) is 12.7. The minimum Gasteiger partial charge on any atom is -0.395 e. The second-order valence-electron chi connectivity index (χ2n) is 5.36. The summed E-state index contributed by atoms with van der Waals surface area (Å²) in [7, 11) is 0. The van der Waals surface area contributed by atoms with Crippen LogP contribution in [0.3, 0.4) is 0 Å². The van der Waals surface area contributed by atoms with Gasteiger partial charge in [-0.05, 0) is 6.42 Å². The molecule has 0 amide bonds. The van der Waals surface area contributed by atoms with E-state index in [-0.39, 0.29) is 12.0 Å². The first-order valence-corrected chi connectivity index (χ1v) is 6.65. The van der Waals surface area contributed by atoms with Gasteiger partial charge in [0.05, 0.1) is 6.61 Å². The van der Waals surface area contributed by atoms with Crippen molar-refractivity contribution < 1.29 is 9.90 Å². The molecule has 0 spiro atoms. The fourth-order valence-corrected chi connectivity index (χ4v) is 2.57. The summed E-state index contributed by atoms with van der Waals surface area (Å²) in [5.74, 6) is 0. The average Bonchev–Trinajstić information content (AvgIpc) is 2.32. The molecule has 0 aromatic rings. The summed E-state index contributed by atoms with van der Waals surface area (Å²) >= 11 is 0. The molecule has 0 saturated carbocycles. The molecule has 1 N–H and O–H groups in total. The lowest BCUT2D eigenvalue weighted by Crippen LogP contribution is -2.50. The Labute approximate surface area is 105 Å². The molecule has 4 nitrogen and oxygen atoms in total. The lowest BCUT2D eigenvalue weighted by Gasteiger charge is -2.38. The van der Waals surface area contributed by atoms with E-state index in [1.807, 2.05) is 0 Å². The lowest BCUT2D eigenvalue weighted by atomic mass is 9.86. The van der Waals surface area contributed by atoms with Crippen molar-refractivity contribution in [1.82, 2.24) is 9.80 Å². The molecule has 1 heterocycles. The Hall–Kier alpha value is -0.450. The molecular formula is C13H26N2O2. The van der Waals surface area contributed by atoms with Gasteiger partial charge in [-0.15, -0.1) is 0 Å². The third-order valence-corrected chi connectivity index (χ3v) is 3.57. The third kappa shape index (κ3) is 4.74. The Morgan fingerprint density at radius 3 is 2.29 bits per heavy atom. The van der Waals surface area contributed by atoms with Crippen LogP contribution in [-0.4, -0.2) is 67.1 Å². The predicted molar refractivity (Wildman–Crippen MR) is 69.0 cm³/mol. The first-order valence-electron chi connectivity index (χ1n) is 6.65. The maximum absolute atomic E-state index is 11.2. The van der Waals surface area contributed by atoms with E-state index < -0.39 is 0 Å². The van der Waals surface area contributed by atoms with Gasteiger partial charge in [0.2, 0.25) is 0 Å². The largest absolute Gasteiger partial charge is 0.395 e. The molecule has 0 bridgehead atoms. The summed E-state index contributed by atoms with van der Waals surface area (Å²) in [5, 5.41) is 8.88.